The fraction of sp³-hybridized carbons (Fsp3) is 0.250. The molecule has 7 heteroatoms. The fourth-order valence-electron chi connectivity index (χ4n) is 2.41. The van der Waals surface area contributed by atoms with Gasteiger partial charge in [-0.05, 0) is 31.2 Å². The molecular formula is C16H16N2O5. The molecule has 0 saturated heterocycles. The molecule has 1 aromatic carbocycles. The van der Waals surface area contributed by atoms with Gasteiger partial charge in [-0.3, -0.25) is 14.4 Å². The lowest BCUT2D eigenvalue weighted by molar-refractivity contribution is 0.0905. The molecule has 0 aliphatic heterocycles. The topological polar surface area (TPSA) is 87.4 Å². The summed E-state index contributed by atoms with van der Waals surface area (Å²) in [7, 11) is 1.50. The predicted octanol–water partition coefficient (Wildman–Crippen LogP) is 1.52. The number of methoxy groups -OCH3 is 1. The summed E-state index contributed by atoms with van der Waals surface area (Å²) in [6.07, 6.45) is 0. The quantitative estimate of drug-likeness (QED) is 0.801. The lowest BCUT2D eigenvalue weighted by Gasteiger charge is -2.05. The molecule has 0 saturated carbocycles. The molecule has 0 amide bonds. The van der Waals surface area contributed by atoms with Gasteiger partial charge in [0.15, 0.2) is 0 Å². The molecule has 0 radical (unpaired) electrons. The van der Waals surface area contributed by atoms with E-state index in [1.54, 1.807) is 12.1 Å². The first-order valence-electron chi connectivity index (χ1n) is 6.84. The highest BCUT2D eigenvalue weighted by Crippen LogP contribution is 2.17. The zero-order valence-electron chi connectivity index (χ0n) is 13.2. The van der Waals surface area contributed by atoms with Gasteiger partial charge in [-0.1, -0.05) is 0 Å². The fourth-order valence-corrected chi connectivity index (χ4v) is 2.41. The largest absolute Gasteiger partial charge is 0.497 e. The van der Waals surface area contributed by atoms with Crippen molar-refractivity contribution in [2.24, 2.45) is 0 Å². The van der Waals surface area contributed by atoms with Crippen LogP contribution in [0.25, 0.3) is 0 Å². The average Bonchev–Trinajstić information content (AvgIpc) is 2.77. The predicted molar refractivity (Wildman–Crippen MR) is 82.5 cm³/mol. The number of carbonyl (C=O) groups excluding carboxylic acids is 3. The van der Waals surface area contributed by atoms with E-state index in [2.05, 4.69) is 0 Å². The summed E-state index contributed by atoms with van der Waals surface area (Å²) in [5, 5.41) is 0. The number of ether oxygens (including phenoxy) is 1. The van der Waals surface area contributed by atoms with E-state index in [0.717, 1.165) is 16.1 Å². The monoisotopic (exact) mass is 316 g/mol. The van der Waals surface area contributed by atoms with Crippen LogP contribution in [0.15, 0.2) is 29.1 Å². The summed E-state index contributed by atoms with van der Waals surface area (Å²) < 4.78 is 6.57. The molecule has 23 heavy (non-hydrogen) atoms. The third-order valence-electron chi connectivity index (χ3n) is 3.48. The van der Waals surface area contributed by atoms with Crippen molar-refractivity contribution in [2.45, 2.75) is 20.8 Å². The van der Waals surface area contributed by atoms with E-state index in [0.29, 0.717) is 5.75 Å². The Bertz CT molecular complexity index is 856. The van der Waals surface area contributed by atoms with Crippen LogP contribution >= 0.6 is 0 Å². The average molecular weight is 316 g/mol. The first kappa shape index (κ1) is 16.4. The van der Waals surface area contributed by atoms with Gasteiger partial charge in [0.1, 0.15) is 11.4 Å². The number of carbonyl (C=O) groups is 3. The number of ketones is 1. The Labute approximate surface area is 132 Å². The van der Waals surface area contributed by atoms with Crippen LogP contribution < -0.4 is 10.4 Å². The van der Waals surface area contributed by atoms with E-state index in [4.69, 9.17) is 4.74 Å². The van der Waals surface area contributed by atoms with Crippen molar-refractivity contribution in [1.29, 1.82) is 0 Å². The molecule has 0 bridgehead atoms. The summed E-state index contributed by atoms with van der Waals surface area (Å²) in [4.78, 5) is 48.4. The van der Waals surface area contributed by atoms with Crippen LogP contribution in [0.4, 0.5) is 0 Å². The molecular weight excluding hydrogens is 300 g/mol. The minimum Gasteiger partial charge on any atom is -0.497 e. The SMILES string of the molecule is COc1ccc(C(=O)c2c(C)n(C(C)=O)c(=O)n2C(C)=O)cc1. The second-order valence-corrected chi connectivity index (χ2v) is 4.98. The highest BCUT2D eigenvalue weighted by molar-refractivity contribution is 6.10. The second-order valence-electron chi connectivity index (χ2n) is 4.98. The molecule has 0 aliphatic carbocycles. The number of hydrogen-bond donors (Lipinski definition) is 0. The molecule has 1 aromatic heterocycles. The maximum Gasteiger partial charge on any atom is 0.342 e. The molecule has 1 heterocycles. The zero-order valence-corrected chi connectivity index (χ0v) is 13.2. The van der Waals surface area contributed by atoms with Crippen molar-refractivity contribution in [1.82, 2.24) is 9.13 Å². The maximum absolute atomic E-state index is 12.7. The van der Waals surface area contributed by atoms with Crippen LogP contribution in [0.3, 0.4) is 0 Å². The Morgan fingerprint density at radius 2 is 1.48 bits per heavy atom. The third kappa shape index (κ3) is 2.73. The van der Waals surface area contributed by atoms with Gasteiger partial charge >= 0.3 is 5.69 Å². The smallest absolute Gasteiger partial charge is 0.342 e. The van der Waals surface area contributed by atoms with Crippen molar-refractivity contribution in [2.75, 3.05) is 7.11 Å². The van der Waals surface area contributed by atoms with Gasteiger partial charge in [0.25, 0.3) is 0 Å². The minimum absolute atomic E-state index is 0.108. The van der Waals surface area contributed by atoms with Crippen LogP contribution in [0.5, 0.6) is 5.75 Å². The van der Waals surface area contributed by atoms with E-state index >= 15 is 0 Å². The molecule has 2 rings (SSSR count). The molecule has 0 unspecified atom stereocenters. The molecule has 120 valence electrons. The van der Waals surface area contributed by atoms with Gasteiger partial charge in [0.05, 0.1) is 12.8 Å². The van der Waals surface area contributed by atoms with Gasteiger partial charge in [0.2, 0.25) is 17.6 Å². The summed E-state index contributed by atoms with van der Waals surface area (Å²) >= 11 is 0. The van der Waals surface area contributed by atoms with Crippen LogP contribution in [-0.4, -0.2) is 33.8 Å². The maximum atomic E-state index is 12.7. The number of aromatic nitrogens is 2. The Morgan fingerprint density at radius 3 is 1.91 bits per heavy atom. The van der Waals surface area contributed by atoms with Gasteiger partial charge in [-0.25, -0.2) is 13.9 Å². The molecule has 0 aliphatic rings. The number of imidazole rings is 1. The Balaban J connectivity index is 2.68. The van der Waals surface area contributed by atoms with Crippen LogP contribution in [0, 0.1) is 6.92 Å². The Morgan fingerprint density at radius 1 is 0.957 bits per heavy atom. The summed E-state index contributed by atoms with van der Waals surface area (Å²) in [5.74, 6) is -1.13. The molecule has 2 aromatic rings. The van der Waals surface area contributed by atoms with E-state index in [1.807, 2.05) is 0 Å². The van der Waals surface area contributed by atoms with Gasteiger partial charge < -0.3 is 4.74 Å². The van der Waals surface area contributed by atoms with Crippen molar-refractivity contribution >= 4 is 17.6 Å². The number of hydrogen-bond acceptors (Lipinski definition) is 5. The normalized spacial score (nSPS) is 10.4. The molecule has 0 atom stereocenters. The first-order chi connectivity index (χ1) is 10.8. The van der Waals surface area contributed by atoms with E-state index in [-0.39, 0.29) is 17.0 Å². The van der Waals surface area contributed by atoms with Crippen LogP contribution in [-0.2, 0) is 0 Å². The molecule has 0 N–H and O–H groups in total. The molecule has 0 fully saturated rings. The van der Waals surface area contributed by atoms with Crippen LogP contribution in [0.1, 0.15) is 45.2 Å². The van der Waals surface area contributed by atoms with Crippen LogP contribution in [0.2, 0.25) is 0 Å². The Hall–Kier alpha value is -2.96. The number of rotatable bonds is 3. The van der Waals surface area contributed by atoms with Crippen molar-refractivity contribution in [3.8, 4) is 5.75 Å². The van der Waals surface area contributed by atoms with E-state index in [9.17, 15) is 19.2 Å². The number of benzene rings is 1. The first-order valence-corrected chi connectivity index (χ1v) is 6.84. The summed E-state index contributed by atoms with van der Waals surface area (Å²) in [5.41, 5.74) is -0.523. The molecule has 0 spiro atoms. The molecule has 7 nitrogen and oxygen atoms in total. The summed E-state index contributed by atoms with van der Waals surface area (Å²) in [6, 6.07) is 6.25. The second kappa shape index (κ2) is 6.04. The Kier molecular flexibility index (Phi) is 4.31. The van der Waals surface area contributed by atoms with E-state index in [1.165, 1.54) is 33.1 Å². The zero-order chi connectivity index (χ0) is 17.3. The lowest BCUT2D eigenvalue weighted by atomic mass is 10.1. The van der Waals surface area contributed by atoms with Gasteiger partial charge in [-0.15, -0.1) is 0 Å². The van der Waals surface area contributed by atoms with Crippen molar-refractivity contribution < 1.29 is 19.1 Å². The lowest BCUT2D eigenvalue weighted by Crippen LogP contribution is -2.31. The standard InChI is InChI=1S/C16H16N2O5/c1-9-14(15(21)12-5-7-13(23-4)8-6-12)18(11(3)20)16(22)17(9)10(2)19/h5-8H,1-4H3. The summed E-state index contributed by atoms with van der Waals surface area (Å²) in [6.45, 7) is 3.82. The number of nitrogens with zero attached hydrogens (tertiary/aromatic N) is 2. The van der Waals surface area contributed by atoms with Gasteiger partial charge in [0, 0.05) is 19.4 Å². The van der Waals surface area contributed by atoms with E-state index < -0.39 is 23.3 Å². The third-order valence-corrected chi connectivity index (χ3v) is 3.48. The highest BCUT2D eigenvalue weighted by atomic mass is 16.5. The van der Waals surface area contributed by atoms with Crippen molar-refractivity contribution in [3.63, 3.8) is 0 Å². The van der Waals surface area contributed by atoms with Gasteiger partial charge in [-0.2, -0.15) is 0 Å². The minimum atomic E-state index is -0.834. The highest BCUT2D eigenvalue weighted by Gasteiger charge is 2.27. The van der Waals surface area contributed by atoms with Crippen molar-refractivity contribution in [3.05, 3.63) is 51.7 Å².